The van der Waals surface area contributed by atoms with Crippen molar-refractivity contribution in [1.82, 2.24) is 4.90 Å². The largest absolute Gasteiger partial charge is 0.301 e. The number of aliphatic imine (C=N–C) groups is 1. The molecule has 1 atom stereocenters. The van der Waals surface area contributed by atoms with Gasteiger partial charge < -0.3 is 4.90 Å². The first-order valence-electron chi connectivity index (χ1n) is 9.10. The minimum absolute atomic E-state index is 0.222. The zero-order chi connectivity index (χ0) is 17.3. The van der Waals surface area contributed by atoms with Crippen LogP contribution in [0.1, 0.15) is 64.5 Å². The minimum Gasteiger partial charge on any atom is -0.301 e. The molecule has 0 aromatic heterocycles. The molecule has 130 valence electrons. The van der Waals surface area contributed by atoms with E-state index in [9.17, 15) is 0 Å². The molecule has 1 unspecified atom stereocenters. The van der Waals surface area contributed by atoms with Crippen molar-refractivity contribution in [3.8, 4) is 0 Å². The zero-order valence-corrected chi connectivity index (χ0v) is 16.1. The molecule has 0 aliphatic rings. The summed E-state index contributed by atoms with van der Waals surface area (Å²) in [5.74, 6) is 0. The van der Waals surface area contributed by atoms with E-state index < -0.39 is 0 Å². The normalized spacial score (nSPS) is 13.9. The Hall–Kier alpha value is -1.15. The molecule has 0 bridgehead atoms. The zero-order valence-electron chi connectivity index (χ0n) is 16.1. The topological polar surface area (TPSA) is 15.6 Å². The van der Waals surface area contributed by atoms with Crippen LogP contribution in [0.3, 0.4) is 0 Å². The summed E-state index contributed by atoms with van der Waals surface area (Å²) >= 11 is 0. The average molecular weight is 317 g/mol. The maximum absolute atomic E-state index is 4.65. The van der Waals surface area contributed by atoms with E-state index in [4.69, 9.17) is 0 Å². The molecule has 0 N–H and O–H groups in total. The predicted molar refractivity (Wildman–Crippen MR) is 104 cm³/mol. The lowest BCUT2D eigenvalue weighted by Gasteiger charge is -2.22. The van der Waals surface area contributed by atoms with Gasteiger partial charge in [-0.05, 0) is 43.5 Å². The third kappa shape index (κ3) is 7.78. The van der Waals surface area contributed by atoms with Crippen LogP contribution in [0.4, 0.5) is 0 Å². The maximum Gasteiger partial charge on any atom is 0.0481 e. The molecule has 0 heterocycles. The van der Waals surface area contributed by atoms with E-state index in [1.165, 1.54) is 36.8 Å². The van der Waals surface area contributed by atoms with Gasteiger partial charge in [-0.2, -0.15) is 0 Å². The van der Waals surface area contributed by atoms with Crippen LogP contribution in [0.5, 0.6) is 0 Å². The number of rotatable bonds is 9. The van der Waals surface area contributed by atoms with Crippen molar-refractivity contribution in [2.45, 2.75) is 71.3 Å². The van der Waals surface area contributed by atoms with Crippen molar-refractivity contribution in [3.05, 3.63) is 35.4 Å². The summed E-state index contributed by atoms with van der Waals surface area (Å²) in [4.78, 5) is 6.91. The Bertz CT molecular complexity index is 452. The summed E-state index contributed by atoms with van der Waals surface area (Å²) < 4.78 is 0. The first-order chi connectivity index (χ1) is 10.8. The van der Waals surface area contributed by atoms with Gasteiger partial charge >= 0.3 is 0 Å². The van der Waals surface area contributed by atoms with Gasteiger partial charge in [0.25, 0.3) is 0 Å². The SMILES string of the molecule is CCCCCCN=CC(Cc1ccc(C(C)(C)C)cc1)N(C)C. The van der Waals surface area contributed by atoms with Gasteiger partial charge in [0.15, 0.2) is 0 Å². The van der Waals surface area contributed by atoms with Gasteiger partial charge in [-0.25, -0.2) is 0 Å². The lowest BCUT2D eigenvalue weighted by atomic mass is 9.86. The van der Waals surface area contributed by atoms with Crippen LogP contribution in [-0.4, -0.2) is 37.8 Å². The Balaban J connectivity index is 2.57. The fourth-order valence-corrected chi connectivity index (χ4v) is 2.58. The number of unbranched alkanes of at least 4 members (excludes halogenated alkanes) is 3. The summed E-state index contributed by atoms with van der Waals surface area (Å²) in [6.07, 6.45) is 8.29. The average Bonchev–Trinajstić information content (AvgIpc) is 2.49. The van der Waals surface area contributed by atoms with Crippen LogP contribution in [0.2, 0.25) is 0 Å². The lowest BCUT2D eigenvalue weighted by molar-refractivity contribution is 0.364. The molecule has 23 heavy (non-hydrogen) atoms. The number of hydrogen-bond acceptors (Lipinski definition) is 2. The Morgan fingerprint density at radius 2 is 1.70 bits per heavy atom. The number of benzene rings is 1. The first-order valence-corrected chi connectivity index (χ1v) is 9.10. The van der Waals surface area contributed by atoms with Gasteiger partial charge in [0, 0.05) is 18.8 Å². The minimum atomic E-state index is 0.222. The third-order valence-corrected chi connectivity index (χ3v) is 4.35. The second-order valence-electron chi connectivity index (χ2n) is 7.80. The van der Waals surface area contributed by atoms with Crippen molar-refractivity contribution >= 4 is 6.21 Å². The van der Waals surface area contributed by atoms with Crippen LogP contribution >= 0.6 is 0 Å². The highest BCUT2D eigenvalue weighted by Gasteiger charge is 2.14. The van der Waals surface area contributed by atoms with Crippen LogP contribution in [0, 0.1) is 0 Å². The summed E-state index contributed by atoms with van der Waals surface area (Å²) in [6.45, 7) is 9.99. The van der Waals surface area contributed by atoms with Crippen LogP contribution < -0.4 is 0 Å². The Labute approximate surface area is 144 Å². The lowest BCUT2D eigenvalue weighted by Crippen LogP contribution is -2.31. The van der Waals surface area contributed by atoms with Crippen molar-refractivity contribution in [3.63, 3.8) is 0 Å². The van der Waals surface area contributed by atoms with E-state index >= 15 is 0 Å². The molecule has 1 rings (SSSR count). The van der Waals surface area contributed by atoms with Gasteiger partial charge in [-0.1, -0.05) is 71.2 Å². The fraction of sp³-hybridized carbons (Fsp3) is 0.667. The standard InChI is InChI=1S/C21H36N2/c1-7-8-9-10-15-22-17-20(23(5)6)16-18-11-13-19(14-12-18)21(2,3)4/h11-14,17,20H,7-10,15-16H2,1-6H3. The Kier molecular flexibility index (Phi) is 8.54. The molecule has 2 heteroatoms. The summed E-state index contributed by atoms with van der Waals surface area (Å²) in [5, 5.41) is 0. The first kappa shape index (κ1) is 19.9. The smallest absolute Gasteiger partial charge is 0.0481 e. The van der Waals surface area contributed by atoms with Crippen molar-refractivity contribution in [2.24, 2.45) is 4.99 Å². The molecule has 0 amide bonds. The highest BCUT2D eigenvalue weighted by atomic mass is 15.1. The molecule has 0 aliphatic carbocycles. The van der Waals surface area contributed by atoms with E-state index in [2.05, 4.69) is 82.2 Å². The molecule has 1 aromatic carbocycles. The molecular weight excluding hydrogens is 280 g/mol. The molecule has 0 saturated carbocycles. The van der Waals surface area contributed by atoms with Gasteiger partial charge in [0.2, 0.25) is 0 Å². The summed E-state index contributed by atoms with van der Waals surface area (Å²) in [6, 6.07) is 9.45. The quantitative estimate of drug-likeness (QED) is 0.457. The van der Waals surface area contributed by atoms with Gasteiger partial charge in [-0.15, -0.1) is 0 Å². The molecule has 0 spiro atoms. The Morgan fingerprint density at radius 1 is 1.04 bits per heavy atom. The molecule has 1 aromatic rings. The summed E-state index contributed by atoms with van der Waals surface area (Å²) in [7, 11) is 4.27. The second-order valence-corrected chi connectivity index (χ2v) is 7.80. The van der Waals surface area contributed by atoms with E-state index in [1.54, 1.807) is 0 Å². The van der Waals surface area contributed by atoms with Crippen molar-refractivity contribution < 1.29 is 0 Å². The second kappa shape index (κ2) is 9.87. The van der Waals surface area contributed by atoms with Gasteiger partial charge in [-0.3, -0.25) is 4.99 Å². The third-order valence-electron chi connectivity index (χ3n) is 4.35. The van der Waals surface area contributed by atoms with Crippen LogP contribution in [-0.2, 0) is 11.8 Å². The highest BCUT2D eigenvalue weighted by molar-refractivity contribution is 5.65. The molecule has 2 nitrogen and oxygen atoms in total. The number of likely N-dealkylation sites (N-methyl/N-ethyl adjacent to an activating group) is 1. The highest BCUT2D eigenvalue weighted by Crippen LogP contribution is 2.22. The van der Waals surface area contributed by atoms with Crippen LogP contribution in [0.15, 0.2) is 29.3 Å². The van der Waals surface area contributed by atoms with Crippen LogP contribution in [0.25, 0.3) is 0 Å². The Morgan fingerprint density at radius 3 is 2.22 bits per heavy atom. The number of hydrogen-bond donors (Lipinski definition) is 0. The van der Waals surface area contributed by atoms with E-state index in [0.29, 0.717) is 6.04 Å². The van der Waals surface area contributed by atoms with Gasteiger partial charge in [0.1, 0.15) is 0 Å². The van der Waals surface area contributed by atoms with E-state index in [1.807, 2.05) is 0 Å². The monoisotopic (exact) mass is 316 g/mol. The number of nitrogens with zero attached hydrogens (tertiary/aromatic N) is 2. The summed E-state index contributed by atoms with van der Waals surface area (Å²) in [5.41, 5.74) is 3.00. The molecular formula is C21H36N2. The maximum atomic E-state index is 4.65. The fourth-order valence-electron chi connectivity index (χ4n) is 2.58. The molecule has 0 saturated heterocycles. The van der Waals surface area contributed by atoms with E-state index in [0.717, 1.165) is 13.0 Å². The van der Waals surface area contributed by atoms with Crippen molar-refractivity contribution in [1.29, 1.82) is 0 Å². The predicted octanol–water partition coefficient (Wildman–Crippen LogP) is 5.11. The van der Waals surface area contributed by atoms with Crippen molar-refractivity contribution in [2.75, 3.05) is 20.6 Å². The molecule has 0 fully saturated rings. The van der Waals surface area contributed by atoms with E-state index in [-0.39, 0.29) is 5.41 Å². The molecule has 0 aliphatic heterocycles. The molecule has 0 radical (unpaired) electrons. The van der Waals surface area contributed by atoms with Gasteiger partial charge in [0.05, 0.1) is 0 Å².